The molecule has 9 heteroatoms. The molecule has 3 fully saturated rings. The molecule has 1 aliphatic carbocycles. The van der Waals surface area contributed by atoms with Crippen LogP contribution in [0.15, 0.2) is 53.7 Å². The van der Waals surface area contributed by atoms with Crippen LogP contribution < -0.4 is 9.64 Å². The minimum Gasteiger partial charge on any atom is -0.489 e. The molecule has 0 amide bonds. The molecule has 7 nitrogen and oxygen atoms in total. The van der Waals surface area contributed by atoms with Gasteiger partial charge in [0, 0.05) is 56.2 Å². The summed E-state index contributed by atoms with van der Waals surface area (Å²) in [6, 6.07) is 11.2. The Bertz CT molecular complexity index is 1400. The van der Waals surface area contributed by atoms with Crippen molar-refractivity contribution in [1.82, 2.24) is 14.3 Å². The Morgan fingerprint density at radius 3 is 2.50 bits per heavy atom. The summed E-state index contributed by atoms with van der Waals surface area (Å²) in [5.41, 5.74) is 0.850. The van der Waals surface area contributed by atoms with E-state index in [9.17, 15) is 8.42 Å². The van der Waals surface area contributed by atoms with Crippen LogP contribution in [0.1, 0.15) is 39.5 Å². The maximum absolute atomic E-state index is 13.5. The van der Waals surface area contributed by atoms with Gasteiger partial charge in [0.15, 0.2) is 0 Å². The SMILES string of the molecule is CC1(C)CN(S(=O)(=O)c2ccc3nc(N4CCC(Oc5cncc(Cl)c5)CC4)ccc3c2)C1C1CC1. The first kappa shape index (κ1) is 23.9. The van der Waals surface area contributed by atoms with E-state index in [1.54, 1.807) is 34.9 Å². The normalized spacial score (nSPS) is 23.0. The van der Waals surface area contributed by atoms with E-state index in [2.05, 4.69) is 23.7 Å². The second-order valence-corrected chi connectivity index (χ2v) is 13.3. The molecule has 36 heavy (non-hydrogen) atoms. The van der Waals surface area contributed by atoms with Crippen LogP contribution in [0.3, 0.4) is 0 Å². The molecule has 1 atom stereocenters. The number of nitrogens with zero attached hydrogens (tertiary/aromatic N) is 4. The second kappa shape index (κ2) is 8.85. The van der Waals surface area contributed by atoms with Crippen molar-refractivity contribution in [2.45, 2.75) is 56.6 Å². The molecule has 2 aromatic heterocycles. The molecular weight excluding hydrogens is 496 g/mol. The Hall–Kier alpha value is -2.42. The summed E-state index contributed by atoms with van der Waals surface area (Å²) < 4.78 is 34.7. The number of ether oxygens (including phenoxy) is 1. The summed E-state index contributed by atoms with van der Waals surface area (Å²) in [5.74, 6) is 2.10. The smallest absolute Gasteiger partial charge is 0.243 e. The van der Waals surface area contributed by atoms with E-state index in [1.807, 2.05) is 18.2 Å². The molecular formula is C27H31ClN4O3S. The van der Waals surface area contributed by atoms with Crippen molar-refractivity contribution in [3.63, 3.8) is 0 Å². The Labute approximate surface area is 217 Å². The Kier molecular flexibility index (Phi) is 5.89. The van der Waals surface area contributed by atoms with Crippen molar-refractivity contribution in [3.05, 3.63) is 53.8 Å². The minimum atomic E-state index is -3.52. The first-order valence-electron chi connectivity index (χ1n) is 12.7. The molecule has 1 aromatic carbocycles. The molecule has 2 aliphatic heterocycles. The number of fused-ring (bicyclic) bond motifs is 1. The highest BCUT2D eigenvalue weighted by molar-refractivity contribution is 7.89. The van der Waals surface area contributed by atoms with Crippen LogP contribution in [-0.4, -0.2) is 54.5 Å². The highest BCUT2D eigenvalue weighted by atomic mass is 35.5. The molecule has 190 valence electrons. The van der Waals surface area contributed by atoms with Gasteiger partial charge in [0.2, 0.25) is 10.0 Å². The quantitative estimate of drug-likeness (QED) is 0.442. The maximum Gasteiger partial charge on any atom is 0.243 e. The fourth-order valence-corrected chi connectivity index (χ4v) is 8.02. The number of piperidine rings is 1. The standard InChI is InChI=1S/C27H31ClN4O3S/c1-27(2)17-32(26(27)18-3-4-18)36(33,34)23-6-7-24-19(13-23)5-8-25(30-24)31-11-9-21(10-12-31)35-22-14-20(28)15-29-16-22/h5-8,13-16,18,21,26H,3-4,9-12,17H2,1-2H3. The van der Waals surface area contributed by atoms with Gasteiger partial charge in [-0.15, -0.1) is 0 Å². The van der Waals surface area contributed by atoms with Crippen LogP contribution in [0.2, 0.25) is 5.02 Å². The molecule has 4 heterocycles. The average molecular weight is 527 g/mol. The molecule has 0 radical (unpaired) electrons. The molecule has 1 saturated carbocycles. The number of benzene rings is 1. The lowest BCUT2D eigenvalue weighted by molar-refractivity contribution is 0.00613. The first-order valence-corrected chi connectivity index (χ1v) is 14.5. The van der Waals surface area contributed by atoms with E-state index < -0.39 is 10.0 Å². The van der Waals surface area contributed by atoms with E-state index in [4.69, 9.17) is 21.3 Å². The summed E-state index contributed by atoms with van der Waals surface area (Å²) in [6.45, 7) is 6.60. The largest absolute Gasteiger partial charge is 0.489 e. The van der Waals surface area contributed by atoms with E-state index in [1.165, 1.54) is 0 Å². The van der Waals surface area contributed by atoms with Gasteiger partial charge in [0.25, 0.3) is 0 Å². The highest BCUT2D eigenvalue weighted by Gasteiger charge is 2.57. The molecule has 3 aliphatic rings. The number of sulfonamides is 1. The Morgan fingerprint density at radius 2 is 1.81 bits per heavy atom. The Morgan fingerprint density at radius 1 is 1.03 bits per heavy atom. The third-order valence-electron chi connectivity index (χ3n) is 7.74. The fourth-order valence-electron chi connectivity index (χ4n) is 5.81. The van der Waals surface area contributed by atoms with Gasteiger partial charge in [-0.25, -0.2) is 13.4 Å². The topological polar surface area (TPSA) is 75.6 Å². The lowest BCUT2D eigenvalue weighted by Crippen LogP contribution is -2.64. The van der Waals surface area contributed by atoms with E-state index >= 15 is 0 Å². The summed E-state index contributed by atoms with van der Waals surface area (Å²) >= 11 is 6.01. The van der Waals surface area contributed by atoms with Crippen molar-refractivity contribution < 1.29 is 13.2 Å². The first-order chi connectivity index (χ1) is 17.2. The molecule has 0 spiro atoms. The van der Waals surface area contributed by atoms with Gasteiger partial charge in [0.1, 0.15) is 17.7 Å². The van der Waals surface area contributed by atoms with Crippen molar-refractivity contribution >= 4 is 38.3 Å². The number of rotatable bonds is 6. The van der Waals surface area contributed by atoms with Gasteiger partial charge in [-0.3, -0.25) is 4.98 Å². The van der Waals surface area contributed by atoms with E-state index in [0.717, 1.165) is 55.5 Å². The van der Waals surface area contributed by atoms with Crippen LogP contribution >= 0.6 is 11.6 Å². The van der Waals surface area contributed by atoms with Gasteiger partial charge in [-0.05, 0) is 54.5 Å². The van der Waals surface area contributed by atoms with Crippen LogP contribution in [0.25, 0.3) is 10.9 Å². The number of pyridine rings is 2. The van der Waals surface area contributed by atoms with E-state index in [0.29, 0.717) is 28.1 Å². The summed E-state index contributed by atoms with van der Waals surface area (Å²) in [6.07, 6.45) is 7.40. The number of hydrogen-bond acceptors (Lipinski definition) is 6. The van der Waals surface area contributed by atoms with Crippen molar-refractivity contribution in [3.8, 4) is 5.75 Å². The number of anilines is 1. The van der Waals surface area contributed by atoms with Crippen molar-refractivity contribution in [2.75, 3.05) is 24.5 Å². The zero-order valence-electron chi connectivity index (χ0n) is 20.6. The predicted molar refractivity (Wildman–Crippen MR) is 141 cm³/mol. The summed E-state index contributed by atoms with van der Waals surface area (Å²) in [4.78, 5) is 11.5. The van der Waals surface area contributed by atoms with Crippen LogP contribution in [0.5, 0.6) is 5.75 Å². The molecule has 1 unspecified atom stereocenters. The molecule has 0 N–H and O–H groups in total. The number of halogens is 1. The monoisotopic (exact) mass is 526 g/mol. The minimum absolute atomic E-state index is 0.0467. The maximum atomic E-state index is 13.5. The zero-order valence-corrected chi connectivity index (χ0v) is 22.2. The van der Waals surface area contributed by atoms with Crippen molar-refractivity contribution in [2.24, 2.45) is 11.3 Å². The summed E-state index contributed by atoms with van der Waals surface area (Å²) in [7, 11) is -3.52. The van der Waals surface area contributed by atoms with Crippen LogP contribution in [0, 0.1) is 11.3 Å². The summed E-state index contributed by atoms with van der Waals surface area (Å²) in [5, 5.41) is 1.41. The van der Waals surface area contributed by atoms with Crippen LogP contribution in [0.4, 0.5) is 5.82 Å². The van der Waals surface area contributed by atoms with Gasteiger partial charge in [-0.2, -0.15) is 4.31 Å². The lowest BCUT2D eigenvalue weighted by atomic mass is 9.75. The second-order valence-electron chi connectivity index (χ2n) is 11.0. The Balaban J connectivity index is 1.15. The van der Waals surface area contributed by atoms with E-state index in [-0.39, 0.29) is 17.6 Å². The van der Waals surface area contributed by atoms with Gasteiger partial charge in [0.05, 0.1) is 21.6 Å². The number of aromatic nitrogens is 2. The molecule has 0 bridgehead atoms. The van der Waals surface area contributed by atoms with Crippen LogP contribution in [-0.2, 0) is 10.0 Å². The third kappa shape index (κ3) is 4.44. The van der Waals surface area contributed by atoms with Crippen molar-refractivity contribution in [1.29, 1.82) is 0 Å². The van der Waals surface area contributed by atoms with Gasteiger partial charge in [-0.1, -0.05) is 25.4 Å². The third-order valence-corrected chi connectivity index (χ3v) is 9.77. The lowest BCUT2D eigenvalue weighted by Gasteiger charge is -2.53. The fraction of sp³-hybridized carbons (Fsp3) is 0.481. The number of hydrogen-bond donors (Lipinski definition) is 0. The molecule has 6 rings (SSSR count). The molecule has 3 aromatic rings. The predicted octanol–water partition coefficient (Wildman–Crippen LogP) is 5.14. The average Bonchev–Trinajstić information content (AvgIpc) is 3.67. The molecule has 2 saturated heterocycles. The van der Waals surface area contributed by atoms with Gasteiger partial charge >= 0.3 is 0 Å². The van der Waals surface area contributed by atoms with Gasteiger partial charge < -0.3 is 9.64 Å². The zero-order chi connectivity index (χ0) is 25.1. The highest BCUT2D eigenvalue weighted by Crippen LogP contribution is 2.52.